The van der Waals surface area contributed by atoms with Crippen molar-refractivity contribution in [3.8, 4) is 5.69 Å². The van der Waals surface area contributed by atoms with Crippen LogP contribution in [0.25, 0.3) is 5.69 Å². The van der Waals surface area contributed by atoms with Gasteiger partial charge in [-0.2, -0.15) is 0 Å². The van der Waals surface area contributed by atoms with Gasteiger partial charge in [-0.25, -0.2) is 9.67 Å². The monoisotopic (exact) mass is 433 g/mol. The number of nitrogens with one attached hydrogen (secondary N) is 1. The third kappa shape index (κ3) is 5.81. The average Bonchev–Trinajstić information content (AvgIpc) is 3.26. The molecule has 1 amide bonds. The third-order valence-electron chi connectivity index (χ3n) is 5.74. The van der Waals surface area contributed by atoms with E-state index in [0.717, 1.165) is 62.8 Å². The van der Waals surface area contributed by atoms with Gasteiger partial charge in [-0.05, 0) is 43.5 Å². The molecule has 1 aromatic heterocycles. The number of hydrogen-bond acceptors (Lipinski definition) is 5. The van der Waals surface area contributed by atoms with Crippen LogP contribution in [0.4, 0.5) is 0 Å². The summed E-state index contributed by atoms with van der Waals surface area (Å²) in [4.78, 5) is 19.8. The van der Waals surface area contributed by atoms with Gasteiger partial charge in [0.1, 0.15) is 5.82 Å². The van der Waals surface area contributed by atoms with Crippen molar-refractivity contribution in [2.75, 3.05) is 39.4 Å². The number of nitrogens with zero attached hydrogens (tertiary/aromatic N) is 4. The summed E-state index contributed by atoms with van der Waals surface area (Å²) in [7, 11) is 0. The van der Waals surface area contributed by atoms with E-state index in [2.05, 4.69) is 32.4 Å². The number of hydrogen-bond donors (Lipinski definition) is 1. The van der Waals surface area contributed by atoms with Crippen LogP contribution in [0.5, 0.6) is 0 Å². The molecule has 2 heterocycles. The Morgan fingerprint density at radius 1 is 1.03 bits per heavy atom. The first kappa shape index (κ1) is 22.2. The fraction of sp³-hybridized carbons (Fsp3) is 0.400. The molecule has 0 aliphatic carbocycles. The molecule has 0 spiro atoms. The Labute approximate surface area is 189 Å². The van der Waals surface area contributed by atoms with E-state index < -0.39 is 0 Å². The van der Waals surface area contributed by atoms with Crippen LogP contribution in [0, 0.1) is 6.92 Å². The standard InChI is InChI=1S/C25H31N5O2/c1-20-8-5-6-11-22(20)30-23(13-12-21-9-3-2-4-10-21)27-24(28-30)25(31)26-14-7-15-29-16-18-32-19-17-29/h2-6,8-11H,7,12-19H2,1H3,(H,26,31). The SMILES string of the molecule is Cc1ccccc1-n1nc(C(=O)NCCCN2CCOCC2)nc1CCc1ccccc1. The Morgan fingerprint density at radius 2 is 1.78 bits per heavy atom. The van der Waals surface area contributed by atoms with Crippen LogP contribution in [0.2, 0.25) is 0 Å². The third-order valence-corrected chi connectivity index (χ3v) is 5.74. The minimum Gasteiger partial charge on any atom is -0.379 e. The summed E-state index contributed by atoms with van der Waals surface area (Å²) < 4.78 is 7.20. The van der Waals surface area contributed by atoms with Gasteiger partial charge in [0.2, 0.25) is 5.82 Å². The highest BCUT2D eigenvalue weighted by molar-refractivity contribution is 5.90. The average molecular weight is 434 g/mol. The zero-order valence-electron chi connectivity index (χ0n) is 18.7. The minimum absolute atomic E-state index is 0.222. The van der Waals surface area contributed by atoms with Gasteiger partial charge in [0, 0.05) is 26.1 Å². The van der Waals surface area contributed by atoms with E-state index in [1.807, 2.05) is 54.1 Å². The highest BCUT2D eigenvalue weighted by Crippen LogP contribution is 2.16. The normalized spacial score (nSPS) is 14.4. The van der Waals surface area contributed by atoms with Crippen molar-refractivity contribution in [1.82, 2.24) is 25.0 Å². The maximum Gasteiger partial charge on any atom is 0.290 e. The number of morpholine rings is 1. The van der Waals surface area contributed by atoms with Crippen molar-refractivity contribution in [3.05, 3.63) is 77.4 Å². The Bertz CT molecular complexity index is 1010. The Morgan fingerprint density at radius 3 is 2.56 bits per heavy atom. The van der Waals surface area contributed by atoms with Gasteiger partial charge in [-0.3, -0.25) is 9.69 Å². The molecular weight excluding hydrogens is 402 g/mol. The number of benzene rings is 2. The molecule has 3 aromatic rings. The molecule has 0 unspecified atom stereocenters. The first-order valence-electron chi connectivity index (χ1n) is 11.3. The molecule has 168 valence electrons. The van der Waals surface area contributed by atoms with Crippen LogP contribution >= 0.6 is 0 Å². The number of para-hydroxylation sites is 1. The van der Waals surface area contributed by atoms with Gasteiger partial charge in [-0.15, -0.1) is 5.10 Å². The molecule has 2 aromatic carbocycles. The minimum atomic E-state index is -0.222. The van der Waals surface area contributed by atoms with E-state index >= 15 is 0 Å². The molecule has 0 saturated carbocycles. The summed E-state index contributed by atoms with van der Waals surface area (Å²) in [6.45, 7) is 7.10. The Balaban J connectivity index is 1.43. The van der Waals surface area contributed by atoms with E-state index in [-0.39, 0.29) is 11.7 Å². The highest BCUT2D eigenvalue weighted by atomic mass is 16.5. The van der Waals surface area contributed by atoms with E-state index in [1.54, 1.807) is 0 Å². The van der Waals surface area contributed by atoms with Crippen LogP contribution in [0.3, 0.4) is 0 Å². The zero-order valence-corrected chi connectivity index (χ0v) is 18.7. The summed E-state index contributed by atoms with van der Waals surface area (Å²) in [6, 6.07) is 18.4. The molecule has 1 fully saturated rings. The van der Waals surface area contributed by atoms with Crippen molar-refractivity contribution in [1.29, 1.82) is 0 Å². The van der Waals surface area contributed by atoms with Gasteiger partial charge in [0.15, 0.2) is 0 Å². The molecule has 1 saturated heterocycles. The summed E-state index contributed by atoms with van der Waals surface area (Å²) in [5.41, 5.74) is 3.28. The predicted octanol–water partition coefficient (Wildman–Crippen LogP) is 2.81. The van der Waals surface area contributed by atoms with E-state index in [4.69, 9.17) is 4.74 Å². The zero-order chi connectivity index (χ0) is 22.2. The number of rotatable bonds is 9. The summed E-state index contributed by atoms with van der Waals surface area (Å²) >= 11 is 0. The number of carbonyl (C=O) groups excluding carboxylic acids is 1. The molecule has 0 atom stereocenters. The Kier molecular flexibility index (Phi) is 7.64. The van der Waals surface area contributed by atoms with E-state index in [1.165, 1.54) is 5.56 Å². The fourth-order valence-corrected chi connectivity index (χ4v) is 3.91. The van der Waals surface area contributed by atoms with Crippen LogP contribution in [0.15, 0.2) is 54.6 Å². The van der Waals surface area contributed by atoms with Crippen molar-refractivity contribution in [2.45, 2.75) is 26.2 Å². The van der Waals surface area contributed by atoms with Gasteiger partial charge < -0.3 is 10.1 Å². The maximum atomic E-state index is 12.8. The summed E-state index contributed by atoms with van der Waals surface area (Å²) in [6.07, 6.45) is 2.44. The lowest BCUT2D eigenvalue weighted by atomic mass is 10.1. The first-order valence-corrected chi connectivity index (χ1v) is 11.3. The van der Waals surface area contributed by atoms with Gasteiger partial charge in [0.25, 0.3) is 5.91 Å². The van der Waals surface area contributed by atoms with Crippen LogP contribution in [-0.2, 0) is 17.6 Å². The molecule has 1 aliphatic heterocycles. The number of amides is 1. The second kappa shape index (κ2) is 11.0. The molecule has 0 radical (unpaired) electrons. The lowest BCUT2D eigenvalue weighted by Crippen LogP contribution is -2.38. The van der Waals surface area contributed by atoms with Crippen LogP contribution in [0.1, 0.15) is 34.0 Å². The quantitative estimate of drug-likeness (QED) is 0.526. The van der Waals surface area contributed by atoms with Crippen molar-refractivity contribution in [2.24, 2.45) is 0 Å². The molecule has 1 N–H and O–H groups in total. The molecule has 0 bridgehead atoms. The highest BCUT2D eigenvalue weighted by Gasteiger charge is 2.18. The maximum absolute atomic E-state index is 12.8. The summed E-state index contributed by atoms with van der Waals surface area (Å²) in [5, 5.41) is 7.57. The largest absolute Gasteiger partial charge is 0.379 e. The molecule has 7 nitrogen and oxygen atoms in total. The van der Waals surface area contributed by atoms with Gasteiger partial charge in [-0.1, -0.05) is 48.5 Å². The number of aryl methyl sites for hydroxylation is 3. The topological polar surface area (TPSA) is 72.3 Å². The molecule has 1 aliphatic rings. The van der Waals surface area contributed by atoms with Crippen molar-refractivity contribution >= 4 is 5.91 Å². The molecule has 7 heteroatoms. The van der Waals surface area contributed by atoms with Crippen molar-refractivity contribution < 1.29 is 9.53 Å². The molecule has 32 heavy (non-hydrogen) atoms. The van der Waals surface area contributed by atoms with Crippen LogP contribution in [-0.4, -0.2) is 65.0 Å². The van der Waals surface area contributed by atoms with Gasteiger partial charge in [0.05, 0.1) is 18.9 Å². The van der Waals surface area contributed by atoms with Crippen LogP contribution < -0.4 is 5.32 Å². The Hall–Kier alpha value is -3.03. The molecule has 4 rings (SSSR count). The molecular formula is C25H31N5O2. The second-order valence-electron chi connectivity index (χ2n) is 8.10. The lowest BCUT2D eigenvalue weighted by molar-refractivity contribution is 0.0374. The van der Waals surface area contributed by atoms with Crippen molar-refractivity contribution in [3.63, 3.8) is 0 Å². The fourth-order valence-electron chi connectivity index (χ4n) is 3.91. The number of ether oxygens (including phenoxy) is 1. The lowest BCUT2D eigenvalue weighted by Gasteiger charge is -2.26. The smallest absolute Gasteiger partial charge is 0.290 e. The second-order valence-corrected chi connectivity index (χ2v) is 8.10. The van der Waals surface area contributed by atoms with E-state index in [9.17, 15) is 4.79 Å². The summed E-state index contributed by atoms with van der Waals surface area (Å²) in [5.74, 6) is 0.796. The predicted molar refractivity (Wildman–Crippen MR) is 124 cm³/mol. The van der Waals surface area contributed by atoms with E-state index in [0.29, 0.717) is 13.0 Å². The van der Waals surface area contributed by atoms with Gasteiger partial charge >= 0.3 is 0 Å². The first-order chi connectivity index (χ1) is 15.7. The number of carbonyl (C=O) groups is 1. The number of aromatic nitrogens is 3.